The molecule has 2 aliphatic rings. The highest BCUT2D eigenvalue weighted by Gasteiger charge is 2.37. The Hall–Kier alpha value is -2.53. The fourth-order valence-electron chi connectivity index (χ4n) is 3.75. The molecule has 1 aliphatic heterocycles. The van der Waals surface area contributed by atoms with Crippen LogP contribution in [0.1, 0.15) is 24.3 Å². The maximum Gasteiger partial charge on any atom is 0.232 e. The smallest absolute Gasteiger partial charge is 0.232 e. The van der Waals surface area contributed by atoms with Crippen molar-refractivity contribution in [1.29, 1.82) is 0 Å². The Labute approximate surface area is 160 Å². The molecule has 5 nitrogen and oxygen atoms in total. The third-order valence-electron chi connectivity index (χ3n) is 5.35. The van der Waals surface area contributed by atoms with Crippen LogP contribution in [0.5, 0.6) is 5.75 Å². The molecule has 27 heavy (non-hydrogen) atoms. The molecule has 2 aromatic rings. The minimum Gasteiger partial charge on any atom is -0.495 e. The van der Waals surface area contributed by atoms with Crippen LogP contribution in [0.3, 0.4) is 0 Å². The van der Waals surface area contributed by atoms with E-state index in [2.05, 4.69) is 10.2 Å². The van der Waals surface area contributed by atoms with Crippen molar-refractivity contribution in [2.45, 2.75) is 18.8 Å². The summed E-state index contributed by atoms with van der Waals surface area (Å²) < 4.78 is 10.9. The Kier molecular flexibility index (Phi) is 5.30. The summed E-state index contributed by atoms with van der Waals surface area (Å²) >= 11 is 0. The van der Waals surface area contributed by atoms with E-state index in [1.165, 1.54) is 0 Å². The number of benzene rings is 2. The Bertz CT molecular complexity index is 783. The fourth-order valence-corrected chi connectivity index (χ4v) is 3.75. The van der Waals surface area contributed by atoms with Crippen LogP contribution in [0.4, 0.5) is 11.4 Å². The Morgan fingerprint density at radius 3 is 2.56 bits per heavy atom. The second kappa shape index (κ2) is 8.01. The number of rotatable bonds is 6. The molecule has 142 valence electrons. The van der Waals surface area contributed by atoms with Crippen LogP contribution < -0.4 is 15.0 Å². The van der Waals surface area contributed by atoms with Crippen LogP contribution >= 0.6 is 0 Å². The third-order valence-corrected chi connectivity index (χ3v) is 5.35. The molecular weight excluding hydrogens is 340 g/mol. The zero-order valence-electron chi connectivity index (χ0n) is 15.7. The minimum atomic E-state index is -0.108. The van der Waals surface area contributed by atoms with Gasteiger partial charge in [0.1, 0.15) is 5.75 Å². The van der Waals surface area contributed by atoms with E-state index in [-0.39, 0.29) is 11.8 Å². The number of hydrogen-bond donors (Lipinski definition) is 1. The van der Waals surface area contributed by atoms with Gasteiger partial charge in [0.15, 0.2) is 0 Å². The second-order valence-electron chi connectivity index (χ2n) is 7.20. The van der Waals surface area contributed by atoms with Crippen LogP contribution in [-0.2, 0) is 9.53 Å². The Morgan fingerprint density at radius 1 is 1.15 bits per heavy atom. The molecule has 0 aromatic heterocycles. The molecule has 1 aliphatic carbocycles. The number of nitrogens with zero attached hydrogens (tertiary/aromatic N) is 1. The van der Waals surface area contributed by atoms with Gasteiger partial charge in [-0.3, -0.25) is 4.79 Å². The van der Waals surface area contributed by atoms with Crippen LogP contribution in [0.25, 0.3) is 0 Å². The van der Waals surface area contributed by atoms with Gasteiger partial charge in [0.2, 0.25) is 5.91 Å². The molecule has 4 rings (SSSR count). The van der Waals surface area contributed by atoms with Gasteiger partial charge in [-0.25, -0.2) is 0 Å². The van der Waals surface area contributed by atoms with Gasteiger partial charge >= 0.3 is 0 Å². The van der Waals surface area contributed by atoms with E-state index in [1.54, 1.807) is 7.11 Å². The molecule has 0 spiro atoms. The summed E-state index contributed by atoms with van der Waals surface area (Å²) in [5.41, 5.74) is 2.89. The summed E-state index contributed by atoms with van der Waals surface area (Å²) in [6, 6.07) is 16.0. The lowest BCUT2D eigenvalue weighted by molar-refractivity contribution is -0.118. The molecule has 1 heterocycles. The standard InChI is InChI=1S/C22H26N2O3/c1-26-20-10-9-18(24-11-13-27-14-12-24)15-19(20)23-22(25)21(17-7-8-17)16-5-3-2-4-6-16/h2-6,9-10,15,17,21H,7-8,11-14H2,1H3,(H,23,25). The van der Waals surface area contributed by atoms with Gasteiger partial charge in [0, 0.05) is 18.8 Å². The number of carbonyl (C=O) groups is 1. The van der Waals surface area contributed by atoms with E-state index >= 15 is 0 Å². The van der Waals surface area contributed by atoms with Crippen LogP contribution in [-0.4, -0.2) is 39.3 Å². The second-order valence-corrected chi connectivity index (χ2v) is 7.20. The van der Waals surface area contributed by atoms with Crippen LogP contribution in [0, 0.1) is 5.92 Å². The van der Waals surface area contributed by atoms with Gasteiger partial charge in [-0.2, -0.15) is 0 Å². The number of morpholine rings is 1. The lowest BCUT2D eigenvalue weighted by atomic mass is 9.93. The van der Waals surface area contributed by atoms with Gasteiger partial charge in [-0.15, -0.1) is 0 Å². The number of carbonyl (C=O) groups excluding carboxylic acids is 1. The molecule has 0 radical (unpaired) electrons. The summed E-state index contributed by atoms with van der Waals surface area (Å²) in [7, 11) is 1.63. The maximum absolute atomic E-state index is 13.2. The molecule has 1 N–H and O–H groups in total. The molecule has 1 amide bonds. The molecule has 1 atom stereocenters. The first-order chi connectivity index (χ1) is 13.3. The number of methoxy groups -OCH3 is 1. The number of nitrogens with one attached hydrogen (secondary N) is 1. The van der Waals surface area contributed by atoms with Crippen LogP contribution in [0.15, 0.2) is 48.5 Å². The highest BCUT2D eigenvalue weighted by molar-refractivity contribution is 5.98. The van der Waals surface area contributed by atoms with E-state index in [0.717, 1.165) is 56.1 Å². The molecule has 5 heteroatoms. The monoisotopic (exact) mass is 366 g/mol. The number of ether oxygens (including phenoxy) is 2. The highest BCUT2D eigenvalue weighted by Crippen LogP contribution is 2.43. The summed E-state index contributed by atoms with van der Waals surface area (Å²) in [5.74, 6) is 1.05. The molecule has 1 saturated carbocycles. The number of anilines is 2. The van der Waals surface area contributed by atoms with E-state index in [4.69, 9.17) is 9.47 Å². The van der Waals surface area contributed by atoms with Crippen molar-refractivity contribution in [2.75, 3.05) is 43.6 Å². The fraction of sp³-hybridized carbons (Fsp3) is 0.409. The van der Waals surface area contributed by atoms with E-state index in [1.807, 2.05) is 48.5 Å². The van der Waals surface area contributed by atoms with Gasteiger partial charge in [-0.1, -0.05) is 30.3 Å². The summed E-state index contributed by atoms with van der Waals surface area (Å²) in [6.45, 7) is 3.17. The minimum absolute atomic E-state index is 0.0427. The molecule has 2 aromatic carbocycles. The van der Waals surface area contributed by atoms with Crippen molar-refractivity contribution < 1.29 is 14.3 Å². The van der Waals surface area contributed by atoms with Crippen LogP contribution in [0.2, 0.25) is 0 Å². The molecule has 1 saturated heterocycles. The quantitative estimate of drug-likeness (QED) is 0.848. The lowest BCUT2D eigenvalue weighted by Crippen LogP contribution is -2.36. The van der Waals surface area contributed by atoms with Gasteiger partial charge in [0.25, 0.3) is 0 Å². The van der Waals surface area contributed by atoms with Crippen molar-refractivity contribution in [3.8, 4) is 5.75 Å². The summed E-state index contributed by atoms with van der Waals surface area (Å²) in [4.78, 5) is 15.4. The van der Waals surface area contributed by atoms with Crippen molar-refractivity contribution in [1.82, 2.24) is 0 Å². The van der Waals surface area contributed by atoms with Gasteiger partial charge in [0.05, 0.1) is 31.9 Å². The lowest BCUT2D eigenvalue weighted by Gasteiger charge is -2.29. The topological polar surface area (TPSA) is 50.8 Å². The molecule has 1 unspecified atom stereocenters. The van der Waals surface area contributed by atoms with E-state index in [0.29, 0.717) is 11.7 Å². The van der Waals surface area contributed by atoms with Gasteiger partial charge in [-0.05, 0) is 42.5 Å². The van der Waals surface area contributed by atoms with Crippen molar-refractivity contribution in [2.24, 2.45) is 5.92 Å². The molecular formula is C22H26N2O3. The molecule has 2 fully saturated rings. The third kappa shape index (κ3) is 4.08. The maximum atomic E-state index is 13.2. The SMILES string of the molecule is COc1ccc(N2CCOCC2)cc1NC(=O)C(c1ccccc1)C1CC1. The Morgan fingerprint density at radius 2 is 1.89 bits per heavy atom. The van der Waals surface area contributed by atoms with E-state index < -0.39 is 0 Å². The first-order valence-corrected chi connectivity index (χ1v) is 9.63. The van der Waals surface area contributed by atoms with Crippen molar-refractivity contribution in [3.63, 3.8) is 0 Å². The predicted octanol–water partition coefficient (Wildman–Crippen LogP) is 3.66. The summed E-state index contributed by atoms with van der Waals surface area (Å²) in [5, 5.41) is 3.14. The normalized spacial score (nSPS) is 18.0. The number of amides is 1. The summed E-state index contributed by atoms with van der Waals surface area (Å²) in [6.07, 6.45) is 2.22. The van der Waals surface area contributed by atoms with Crippen molar-refractivity contribution in [3.05, 3.63) is 54.1 Å². The number of hydrogen-bond acceptors (Lipinski definition) is 4. The zero-order chi connectivity index (χ0) is 18.6. The molecule has 0 bridgehead atoms. The first kappa shape index (κ1) is 17.9. The first-order valence-electron chi connectivity index (χ1n) is 9.63. The average molecular weight is 366 g/mol. The predicted molar refractivity (Wildman–Crippen MR) is 107 cm³/mol. The van der Waals surface area contributed by atoms with Gasteiger partial charge < -0.3 is 19.7 Å². The zero-order valence-corrected chi connectivity index (χ0v) is 15.7. The Balaban J connectivity index is 1.57. The average Bonchev–Trinajstić information content (AvgIpc) is 3.54. The van der Waals surface area contributed by atoms with E-state index in [9.17, 15) is 4.79 Å². The highest BCUT2D eigenvalue weighted by atomic mass is 16.5. The van der Waals surface area contributed by atoms with Crippen molar-refractivity contribution >= 4 is 17.3 Å². The largest absolute Gasteiger partial charge is 0.495 e.